The lowest BCUT2D eigenvalue weighted by Gasteiger charge is -2.09. The van der Waals surface area contributed by atoms with Crippen molar-refractivity contribution in [3.63, 3.8) is 0 Å². The minimum Gasteiger partial charge on any atom is -0.492 e. The second-order valence-electron chi connectivity index (χ2n) is 4.27. The van der Waals surface area contributed by atoms with E-state index in [1.807, 2.05) is 0 Å². The van der Waals surface area contributed by atoms with Gasteiger partial charge in [-0.2, -0.15) is 0 Å². The van der Waals surface area contributed by atoms with Gasteiger partial charge in [0.25, 0.3) is 5.91 Å². The Kier molecular flexibility index (Phi) is 5.16. The molecule has 0 aliphatic rings. The molecule has 0 aliphatic heterocycles. The summed E-state index contributed by atoms with van der Waals surface area (Å²) in [5.74, 6) is -0.396. The van der Waals surface area contributed by atoms with Crippen LogP contribution in [0.15, 0.2) is 46.9 Å². The number of halogens is 2. The molecule has 110 valence electrons. The van der Waals surface area contributed by atoms with E-state index in [1.54, 1.807) is 30.3 Å². The van der Waals surface area contributed by atoms with Crippen molar-refractivity contribution in [1.29, 1.82) is 0 Å². The largest absolute Gasteiger partial charge is 0.492 e. The van der Waals surface area contributed by atoms with Crippen molar-refractivity contribution in [3.8, 4) is 5.75 Å². The molecule has 6 heteroatoms. The number of benzene rings is 2. The van der Waals surface area contributed by atoms with Gasteiger partial charge in [-0.1, -0.05) is 6.07 Å². The highest BCUT2D eigenvalue weighted by Crippen LogP contribution is 2.19. The Bertz CT molecular complexity index is 612. The fraction of sp³-hybridized carbons (Fsp3) is 0.133. The molecule has 0 heterocycles. The Morgan fingerprint density at radius 1 is 1.24 bits per heavy atom. The molecule has 4 nitrogen and oxygen atoms in total. The van der Waals surface area contributed by atoms with Crippen molar-refractivity contribution in [1.82, 2.24) is 5.32 Å². The SMILES string of the molecule is Nc1ccc(OCCNC(=O)c2c(F)cccc2Br)cc1. The minimum atomic E-state index is -0.568. The van der Waals surface area contributed by atoms with E-state index >= 15 is 0 Å². The maximum absolute atomic E-state index is 13.6. The van der Waals surface area contributed by atoms with Crippen LogP contribution >= 0.6 is 15.9 Å². The molecule has 0 aliphatic carbocycles. The third kappa shape index (κ3) is 4.19. The van der Waals surface area contributed by atoms with E-state index in [9.17, 15) is 9.18 Å². The number of carbonyl (C=O) groups excluding carboxylic acids is 1. The molecule has 21 heavy (non-hydrogen) atoms. The molecule has 0 saturated heterocycles. The van der Waals surface area contributed by atoms with E-state index in [2.05, 4.69) is 21.2 Å². The minimum absolute atomic E-state index is 0.00927. The number of anilines is 1. The summed E-state index contributed by atoms with van der Waals surface area (Å²) in [7, 11) is 0. The maximum atomic E-state index is 13.6. The summed E-state index contributed by atoms with van der Waals surface area (Å²) < 4.78 is 19.4. The highest BCUT2D eigenvalue weighted by Gasteiger charge is 2.14. The Morgan fingerprint density at radius 2 is 1.95 bits per heavy atom. The van der Waals surface area contributed by atoms with Gasteiger partial charge in [0.05, 0.1) is 12.1 Å². The monoisotopic (exact) mass is 352 g/mol. The molecule has 0 aromatic heterocycles. The van der Waals surface area contributed by atoms with E-state index in [0.717, 1.165) is 0 Å². The number of rotatable bonds is 5. The molecular weight excluding hydrogens is 339 g/mol. The van der Waals surface area contributed by atoms with Crippen LogP contribution in [0.5, 0.6) is 5.75 Å². The lowest BCUT2D eigenvalue weighted by molar-refractivity contribution is 0.0942. The molecule has 0 atom stereocenters. The lowest BCUT2D eigenvalue weighted by atomic mass is 10.2. The quantitative estimate of drug-likeness (QED) is 0.642. The van der Waals surface area contributed by atoms with Crippen molar-refractivity contribution in [3.05, 3.63) is 58.3 Å². The smallest absolute Gasteiger partial charge is 0.255 e. The number of amides is 1. The van der Waals surface area contributed by atoms with Crippen molar-refractivity contribution in [2.45, 2.75) is 0 Å². The normalized spacial score (nSPS) is 10.2. The molecule has 0 radical (unpaired) electrons. The average molecular weight is 353 g/mol. The van der Waals surface area contributed by atoms with Gasteiger partial charge in [0.1, 0.15) is 18.2 Å². The Balaban J connectivity index is 1.83. The van der Waals surface area contributed by atoms with E-state index in [4.69, 9.17) is 10.5 Å². The van der Waals surface area contributed by atoms with E-state index in [0.29, 0.717) is 15.9 Å². The summed E-state index contributed by atoms with van der Waals surface area (Å²) in [6.45, 7) is 0.547. The molecule has 0 bridgehead atoms. The third-order valence-electron chi connectivity index (χ3n) is 2.73. The van der Waals surface area contributed by atoms with E-state index in [-0.39, 0.29) is 18.7 Å². The van der Waals surface area contributed by atoms with Crippen LogP contribution in [0.25, 0.3) is 0 Å². The second kappa shape index (κ2) is 7.08. The number of nitrogens with two attached hydrogens (primary N) is 1. The van der Waals surface area contributed by atoms with Gasteiger partial charge in [0.15, 0.2) is 0 Å². The van der Waals surface area contributed by atoms with Gasteiger partial charge in [0, 0.05) is 10.2 Å². The molecule has 3 N–H and O–H groups in total. The molecular formula is C15H14BrFN2O2. The summed E-state index contributed by atoms with van der Waals surface area (Å²) in [4.78, 5) is 11.9. The van der Waals surface area contributed by atoms with Gasteiger partial charge in [-0.3, -0.25) is 4.79 Å². The summed E-state index contributed by atoms with van der Waals surface area (Å²) in [5.41, 5.74) is 6.20. The second-order valence-corrected chi connectivity index (χ2v) is 5.12. The Hall–Kier alpha value is -2.08. The van der Waals surface area contributed by atoms with Crippen LogP contribution in [0, 0.1) is 5.82 Å². The van der Waals surface area contributed by atoms with Gasteiger partial charge >= 0.3 is 0 Å². The van der Waals surface area contributed by atoms with Crippen LogP contribution in [0.2, 0.25) is 0 Å². The zero-order valence-electron chi connectivity index (χ0n) is 11.1. The van der Waals surface area contributed by atoms with Crippen molar-refractivity contribution < 1.29 is 13.9 Å². The zero-order valence-corrected chi connectivity index (χ0v) is 12.7. The molecule has 0 fully saturated rings. The molecule has 0 spiro atoms. The zero-order chi connectivity index (χ0) is 15.2. The van der Waals surface area contributed by atoms with Crippen molar-refractivity contribution in [2.24, 2.45) is 0 Å². The lowest BCUT2D eigenvalue weighted by Crippen LogP contribution is -2.29. The summed E-state index contributed by atoms with van der Waals surface area (Å²) >= 11 is 3.16. The van der Waals surface area contributed by atoms with Gasteiger partial charge < -0.3 is 15.8 Å². The Morgan fingerprint density at radius 3 is 2.62 bits per heavy atom. The highest BCUT2D eigenvalue weighted by molar-refractivity contribution is 9.10. The Labute approximate surface area is 130 Å². The first kappa shape index (κ1) is 15.3. The van der Waals surface area contributed by atoms with Crippen molar-refractivity contribution >= 4 is 27.5 Å². The van der Waals surface area contributed by atoms with Crippen LogP contribution in [-0.2, 0) is 0 Å². The molecule has 1 amide bonds. The number of ether oxygens (including phenoxy) is 1. The average Bonchev–Trinajstić information content (AvgIpc) is 2.45. The summed E-state index contributed by atoms with van der Waals surface area (Å²) in [6, 6.07) is 11.3. The van der Waals surface area contributed by atoms with Gasteiger partial charge in [-0.25, -0.2) is 4.39 Å². The van der Waals surface area contributed by atoms with Gasteiger partial charge in [0.2, 0.25) is 0 Å². The van der Waals surface area contributed by atoms with Crippen molar-refractivity contribution in [2.75, 3.05) is 18.9 Å². The first-order valence-corrected chi connectivity index (χ1v) is 7.08. The molecule has 2 aromatic rings. The standard InChI is InChI=1S/C15H14BrFN2O2/c16-12-2-1-3-13(17)14(12)15(20)19-8-9-21-11-6-4-10(18)5-7-11/h1-7H,8-9,18H2,(H,19,20). The summed E-state index contributed by atoms with van der Waals surface area (Å²) in [5, 5.41) is 2.60. The maximum Gasteiger partial charge on any atom is 0.255 e. The topological polar surface area (TPSA) is 64.3 Å². The molecule has 2 rings (SSSR count). The fourth-order valence-corrected chi connectivity index (χ4v) is 2.22. The van der Waals surface area contributed by atoms with Gasteiger partial charge in [-0.15, -0.1) is 0 Å². The molecule has 0 unspecified atom stereocenters. The number of hydrogen-bond donors (Lipinski definition) is 2. The molecule has 2 aromatic carbocycles. The number of hydrogen-bond acceptors (Lipinski definition) is 3. The van der Waals surface area contributed by atoms with Crippen LogP contribution in [0.4, 0.5) is 10.1 Å². The number of carbonyl (C=O) groups is 1. The van der Waals surface area contributed by atoms with E-state index < -0.39 is 11.7 Å². The summed E-state index contributed by atoms with van der Waals surface area (Å²) in [6.07, 6.45) is 0. The predicted molar refractivity (Wildman–Crippen MR) is 82.8 cm³/mol. The van der Waals surface area contributed by atoms with Gasteiger partial charge in [-0.05, 0) is 52.3 Å². The number of nitrogen functional groups attached to an aromatic ring is 1. The van der Waals surface area contributed by atoms with Crippen LogP contribution < -0.4 is 15.8 Å². The van der Waals surface area contributed by atoms with E-state index in [1.165, 1.54) is 12.1 Å². The third-order valence-corrected chi connectivity index (χ3v) is 3.39. The van der Waals surface area contributed by atoms with Crippen LogP contribution in [0.3, 0.4) is 0 Å². The first-order chi connectivity index (χ1) is 10.1. The number of nitrogens with one attached hydrogen (secondary N) is 1. The fourth-order valence-electron chi connectivity index (χ4n) is 1.70. The highest BCUT2D eigenvalue weighted by atomic mass is 79.9. The first-order valence-electron chi connectivity index (χ1n) is 6.28. The van der Waals surface area contributed by atoms with Crippen LogP contribution in [-0.4, -0.2) is 19.1 Å². The molecule has 0 saturated carbocycles. The van der Waals surface area contributed by atoms with Crippen LogP contribution in [0.1, 0.15) is 10.4 Å². The predicted octanol–water partition coefficient (Wildman–Crippen LogP) is 2.98.